The maximum Gasteiger partial charge on any atom is 0.306 e. The Hall–Kier alpha value is -4.71. The Kier molecular flexibility index (Phi) is 54.0. The van der Waals surface area contributed by atoms with E-state index in [-0.39, 0.29) is 37.5 Å². The van der Waals surface area contributed by atoms with Crippen molar-refractivity contribution >= 4 is 17.9 Å². The molecule has 0 saturated carbocycles. The summed E-state index contributed by atoms with van der Waals surface area (Å²) in [4.78, 5) is 38.2. The van der Waals surface area contributed by atoms with E-state index < -0.39 is 6.10 Å². The standard InChI is InChI=1S/C65H102O6/c1-4-7-10-13-16-19-22-25-28-30-32-34-37-40-43-46-49-52-55-58-64(67)70-61-62(60-69-63(66)57-54-51-48-45-42-39-36-27-24-21-18-15-12-9-6-3)71-65(68)59-56-53-50-47-44-41-38-35-33-31-29-26-23-20-17-14-11-8-5-2/h7,9-10,12,16-21,25-29,32-36,40-41,43-44,62H,4-6,8,11,13-15,22-24,30-31,37-39,42,45-61H2,1-3H3/b10-7+,12-9+,19-16+,20-17+,21-18+,28-25+,29-26+,34-32+,35-33+,36-27+,43-40+,44-41+/t62-/m1/s1. The second-order valence-corrected chi connectivity index (χ2v) is 18.1. The number of rotatable bonds is 49. The normalized spacial score (nSPS) is 13.2. The van der Waals surface area contributed by atoms with Crippen molar-refractivity contribution in [1.29, 1.82) is 0 Å². The van der Waals surface area contributed by atoms with Crippen LogP contribution in [0.5, 0.6) is 0 Å². The fourth-order valence-electron chi connectivity index (χ4n) is 7.11. The first-order valence-corrected chi connectivity index (χ1v) is 28.3. The van der Waals surface area contributed by atoms with Gasteiger partial charge in [0.2, 0.25) is 0 Å². The van der Waals surface area contributed by atoms with Gasteiger partial charge in [-0.25, -0.2) is 0 Å². The first kappa shape index (κ1) is 66.3. The van der Waals surface area contributed by atoms with Crippen LogP contribution < -0.4 is 0 Å². The van der Waals surface area contributed by atoms with E-state index in [9.17, 15) is 14.4 Å². The highest BCUT2D eigenvalue weighted by atomic mass is 16.6. The Labute approximate surface area is 436 Å². The summed E-state index contributed by atoms with van der Waals surface area (Å²) in [6.07, 6.45) is 82.6. The number of hydrogen-bond acceptors (Lipinski definition) is 6. The molecule has 0 aromatic carbocycles. The van der Waals surface area contributed by atoms with Gasteiger partial charge in [0.05, 0.1) is 0 Å². The van der Waals surface area contributed by atoms with E-state index >= 15 is 0 Å². The predicted molar refractivity (Wildman–Crippen MR) is 306 cm³/mol. The summed E-state index contributed by atoms with van der Waals surface area (Å²) in [7, 11) is 0. The van der Waals surface area contributed by atoms with E-state index in [4.69, 9.17) is 14.2 Å². The fourth-order valence-corrected chi connectivity index (χ4v) is 7.11. The van der Waals surface area contributed by atoms with Crippen LogP contribution in [0.4, 0.5) is 0 Å². The zero-order chi connectivity index (χ0) is 51.4. The highest BCUT2D eigenvalue weighted by Gasteiger charge is 2.19. The summed E-state index contributed by atoms with van der Waals surface area (Å²) < 4.78 is 16.8. The average molecular weight is 980 g/mol. The Morgan fingerprint density at radius 3 is 0.873 bits per heavy atom. The Morgan fingerprint density at radius 2 is 0.549 bits per heavy atom. The van der Waals surface area contributed by atoms with Gasteiger partial charge in [0.25, 0.3) is 0 Å². The molecule has 0 rings (SSSR count). The lowest BCUT2D eigenvalue weighted by atomic mass is 10.1. The molecule has 6 heteroatoms. The Balaban J connectivity index is 4.57. The van der Waals surface area contributed by atoms with Crippen LogP contribution in [0.3, 0.4) is 0 Å². The quantitative estimate of drug-likeness (QED) is 0.0262. The van der Waals surface area contributed by atoms with E-state index in [1.165, 1.54) is 25.7 Å². The van der Waals surface area contributed by atoms with Crippen LogP contribution in [-0.2, 0) is 28.6 Å². The van der Waals surface area contributed by atoms with Crippen molar-refractivity contribution in [1.82, 2.24) is 0 Å². The first-order chi connectivity index (χ1) is 35.0. The van der Waals surface area contributed by atoms with Gasteiger partial charge in [0, 0.05) is 19.3 Å². The SMILES string of the molecule is CC/C=C/C/C=C/C/C=C/C/C=C/C/C=C/CCCCCC(=O)OC[C@@H](COC(=O)CCCCCCC/C=C/C/C=C/C/C=C/CC)OC(=O)CCCCC/C=C/C/C=C/C/C=C/C/C=C/CCCCC. The first-order valence-electron chi connectivity index (χ1n) is 28.3. The van der Waals surface area contributed by atoms with Crippen molar-refractivity contribution in [2.24, 2.45) is 0 Å². The molecule has 0 aliphatic rings. The maximum atomic E-state index is 12.9. The third-order valence-corrected chi connectivity index (χ3v) is 11.3. The number of hydrogen-bond donors (Lipinski definition) is 0. The van der Waals surface area contributed by atoms with Crippen LogP contribution in [0.25, 0.3) is 0 Å². The van der Waals surface area contributed by atoms with Crippen molar-refractivity contribution in [3.8, 4) is 0 Å². The number of carbonyl (C=O) groups is 3. The lowest BCUT2D eigenvalue weighted by molar-refractivity contribution is -0.167. The molecule has 0 radical (unpaired) electrons. The second kappa shape index (κ2) is 57.9. The van der Waals surface area contributed by atoms with E-state index in [2.05, 4.69) is 167 Å². The molecule has 1 atom stereocenters. The molecule has 0 aliphatic carbocycles. The molecule has 71 heavy (non-hydrogen) atoms. The maximum absolute atomic E-state index is 12.9. The topological polar surface area (TPSA) is 78.9 Å². The third kappa shape index (κ3) is 56.1. The molecule has 0 heterocycles. The van der Waals surface area contributed by atoms with Crippen molar-refractivity contribution in [3.05, 3.63) is 146 Å². The van der Waals surface area contributed by atoms with Gasteiger partial charge in [0.1, 0.15) is 13.2 Å². The monoisotopic (exact) mass is 979 g/mol. The number of carbonyl (C=O) groups excluding carboxylic acids is 3. The molecule has 398 valence electrons. The zero-order valence-corrected chi connectivity index (χ0v) is 45.4. The van der Waals surface area contributed by atoms with Crippen LogP contribution in [0, 0.1) is 0 Å². The Bertz CT molecular complexity index is 1590. The molecule has 0 aromatic rings. The number of esters is 3. The number of unbranched alkanes of at least 4 members (excludes halogenated alkanes) is 14. The third-order valence-electron chi connectivity index (χ3n) is 11.3. The van der Waals surface area contributed by atoms with Gasteiger partial charge in [-0.1, -0.05) is 212 Å². The minimum Gasteiger partial charge on any atom is -0.462 e. The lowest BCUT2D eigenvalue weighted by Gasteiger charge is -2.18. The largest absolute Gasteiger partial charge is 0.462 e. The highest BCUT2D eigenvalue weighted by molar-refractivity contribution is 5.71. The second-order valence-electron chi connectivity index (χ2n) is 18.1. The zero-order valence-electron chi connectivity index (χ0n) is 45.4. The molecule has 0 amide bonds. The Morgan fingerprint density at radius 1 is 0.296 bits per heavy atom. The van der Waals surface area contributed by atoms with Gasteiger partial charge >= 0.3 is 17.9 Å². The summed E-state index contributed by atoms with van der Waals surface area (Å²) in [6.45, 7) is 6.30. The molecule has 6 nitrogen and oxygen atoms in total. The number of allylic oxidation sites excluding steroid dienone is 24. The molecule has 0 aliphatic heterocycles. The molecular weight excluding hydrogens is 877 g/mol. The highest BCUT2D eigenvalue weighted by Crippen LogP contribution is 2.12. The van der Waals surface area contributed by atoms with Crippen LogP contribution in [-0.4, -0.2) is 37.2 Å². The molecule has 0 fully saturated rings. The number of ether oxygens (including phenoxy) is 3. The van der Waals surface area contributed by atoms with Crippen LogP contribution in [0.2, 0.25) is 0 Å². The van der Waals surface area contributed by atoms with Gasteiger partial charge < -0.3 is 14.2 Å². The molecule has 0 N–H and O–H groups in total. The minimum atomic E-state index is -0.823. The summed E-state index contributed by atoms with van der Waals surface area (Å²) >= 11 is 0. The van der Waals surface area contributed by atoms with E-state index in [0.29, 0.717) is 19.3 Å². The average Bonchev–Trinajstić information content (AvgIpc) is 3.37. The fraction of sp³-hybridized carbons (Fsp3) is 0.585. The van der Waals surface area contributed by atoms with Crippen molar-refractivity contribution in [2.45, 2.75) is 232 Å². The van der Waals surface area contributed by atoms with Gasteiger partial charge in [-0.05, 0) is 141 Å². The molecule has 0 spiro atoms. The van der Waals surface area contributed by atoms with E-state index in [1.54, 1.807) is 0 Å². The van der Waals surface area contributed by atoms with Gasteiger partial charge in [0.15, 0.2) is 6.10 Å². The molecule has 0 aromatic heterocycles. The molecule has 0 unspecified atom stereocenters. The summed E-state index contributed by atoms with van der Waals surface area (Å²) in [5.41, 5.74) is 0. The van der Waals surface area contributed by atoms with E-state index in [0.717, 1.165) is 154 Å². The van der Waals surface area contributed by atoms with Gasteiger partial charge in [-0.3, -0.25) is 14.4 Å². The van der Waals surface area contributed by atoms with Crippen LogP contribution >= 0.6 is 0 Å². The van der Waals surface area contributed by atoms with Gasteiger partial charge in [-0.2, -0.15) is 0 Å². The molecule has 0 saturated heterocycles. The summed E-state index contributed by atoms with van der Waals surface area (Å²) in [5.74, 6) is -1.00. The predicted octanol–water partition coefficient (Wildman–Crippen LogP) is 19.2. The van der Waals surface area contributed by atoms with Crippen LogP contribution in [0.15, 0.2) is 146 Å². The van der Waals surface area contributed by atoms with Crippen LogP contribution in [0.1, 0.15) is 226 Å². The summed E-state index contributed by atoms with van der Waals surface area (Å²) in [5, 5.41) is 0. The van der Waals surface area contributed by atoms with E-state index in [1.807, 2.05) is 0 Å². The lowest BCUT2D eigenvalue weighted by Crippen LogP contribution is -2.30. The van der Waals surface area contributed by atoms with Crippen molar-refractivity contribution in [2.75, 3.05) is 13.2 Å². The van der Waals surface area contributed by atoms with Crippen molar-refractivity contribution in [3.63, 3.8) is 0 Å². The smallest absolute Gasteiger partial charge is 0.306 e. The minimum absolute atomic E-state index is 0.117. The van der Waals surface area contributed by atoms with Gasteiger partial charge in [-0.15, -0.1) is 0 Å². The summed E-state index contributed by atoms with van der Waals surface area (Å²) in [6, 6.07) is 0. The molecule has 0 bridgehead atoms. The van der Waals surface area contributed by atoms with Crippen molar-refractivity contribution < 1.29 is 28.6 Å². The molecular formula is C65H102O6.